The van der Waals surface area contributed by atoms with E-state index in [1.54, 1.807) is 17.0 Å². The fourth-order valence-electron chi connectivity index (χ4n) is 10.9. The third-order valence-electron chi connectivity index (χ3n) is 15.6. The first-order chi connectivity index (χ1) is 39.4. The summed E-state index contributed by atoms with van der Waals surface area (Å²) in [5.74, 6) is -0.267. The molecule has 0 aliphatic carbocycles. The van der Waals surface area contributed by atoms with Crippen LogP contribution in [0.4, 0.5) is 47.3 Å². The summed E-state index contributed by atoms with van der Waals surface area (Å²) in [7, 11) is 0. The number of halogens is 6. The van der Waals surface area contributed by atoms with Crippen LogP contribution in [0.15, 0.2) is 97.1 Å². The number of rotatable bonds is 7. The van der Waals surface area contributed by atoms with Crippen molar-refractivity contribution in [2.24, 2.45) is 0 Å². The van der Waals surface area contributed by atoms with Gasteiger partial charge in [0.25, 0.3) is 0 Å². The third-order valence-corrected chi connectivity index (χ3v) is 15.6. The van der Waals surface area contributed by atoms with Gasteiger partial charge in [0.15, 0.2) is 0 Å². The molecule has 5 aromatic rings. The average molecular weight is 1180 g/mol. The van der Waals surface area contributed by atoms with Gasteiger partial charge in [-0.3, -0.25) is 19.5 Å². The second-order valence-electron chi connectivity index (χ2n) is 24.4. The molecule has 0 saturated carbocycles. The van der Waals surface area contributed by atoms with E-state index in [2.05, 4.69) is 79.1 Å². The number of piperazine rings is 2. The zero-order valence-corrected chi connectivity index (χ0v) is 49.7. The summed E-state index contributed by atoms with van der Waals surface area (Å²) in [6, 6.07) is 26.3. The molecular formula is C60H82F6N12O6. The second kappa shape index (κ2) is 27.1. The molecule has 4 aromatic carbocycles. The van der Waals surface area contributed by atoms with Gasteiger partial charge in [0.1, 0.15) is 34.9 Å². The van der Waals surface area contributed by atoms with Crippen molar-refractivity contribution in [3.63, 3.8) is 0 Å². The van der Waals surface area contributed by atoms with Crippen molar-refractivity contribution < 1.29 is 54.9 Å². The Morgan fingerprint density at radius 3 is 1.64 bits per heavy atom. The van der Waals surface area contributed by atoms with Crippen LogP contribution in [0.2, 0.25) is 0 Å². The molecule has 4 saturated heterocycles. The Hall–Kier alpha value is -6.73. The van der Waals surface area contributed by atoms with E-state index >= 15 is 0 Å². The smallest absolute Gasteiger partial charge is 0.444 e. The number of aldehydes is 1. The van der Waals surface area contributed by atoms with Crippen LogP contribution in [0.5, 0.6) is 5.75 Å². The van der Waals surface area contributed by atoms with Crippen LogP contribution in [0.25, 0.3) is 11.0 Å². The topological polar surface area (TPSA) is 174 Å². The number of aromatic nitrogens is 3. The van der Waals surface area contributed by atoms with Crippen molar-refractivity contribution in [3.8, 4) is 5.75 Å². The minimum absolute atomic E-state index is 0.0646. The van der Waals surface area contributed by atoms with Gasteiger partial charge >= 0.3 is 24.7 Å². The number of hydrogen-bond acceptors (Lipinski definition) is 15. The maximum atomic E-state index is 12.8. The van der Waals surface area contributed by atoms with E-state index in [9.17, 15) is 40.7 Å². The maximum absolute atomic E-state index is 12.8. The van der Waals surface area contributed by atoms with Crippen molar-refractivity contribution in [1.29, 1.82) is 0 Å². The van der Waals surface area contributed by atoms with E-state index in [-0.39, 0.29) is 46.8 Å². The minimum atomic E-state index is -4.76. The Morgan fingerprint density at radius 1 is 0.655 bits per heavy atom. The maximum Gasteiger partial charge on any atom is 0.573 e. The van der Waals surface area contributed by atoms with Gasteiger partial charge in [-0.15, -0.1) is 23.8 Å². The standard InChI is InChI=1S/C30H39F3N6O3.C16H31N3O2.C8H5F3O.C6H7N3/c1-21-20-37(29(5)14-16-36(17-15-29)27(40)42-28(2,3)4)18-19-38(21)26(39-25-9-7-6-8-24(25)34-35-39)22-10-12-23(13-11-22)41-30(31,32)33;1-13-12-19(11-8-17-13)16(5)6-9-18(10-7-16)14(20)21-15(2,3)4;9-8(10,11)7-3-1-6(5-12)2-4-7;1-2-4-6-5(3-1)7-9-8-6/h6-13,21,26H,14-20H2,1-5H3;13,17H,6-12H2,1-5H3;1-5H;1-4,7-9H/t21-,26?;13-;;/m00../s1. The highest BCUT2D eigenvalue weighted by Crippen LogP contribution is 2.37. The molecule has 18 nitrogen and oxygen atoms in total. The van der Waals surface area contributed by atoms with Gasteiger partial charge in [-0.2, -0.15) is 13.2 Å². The first-order valence-electron chi connectivity index (χ1n) is 28.5. The Balaban J connectivity index is 0.000000196. The number of amides is 2. The molecule has 5 aliphatic heterocycles. The number of benzene rings is 4. The van der Waals surface area contributed by atoms with Crippen LogP contribution in [0.3, 0.4) is 0 Å². The summed E-state index contributed by atoms with van der Waals surface area (Å²) in [5.41, 5.74) is 11.9. The van der Waals surface area contributed by atoms with E-state index < -0.39 is 29.3 Å². The molecule has 3 atom stereocenters. The first-order valence-corrected chi connectivity index (χ1v) is 28.5. The number of likely N-dealkylation sites (tertiary alicyclic amines) is 2. The van der Waals surface area contributed by atoms with Gasteiger partial charge in [-0.25, -0.2) is 14.3 Å². The Labute approximate surface area is 488 Å². The van der Waals surface area contributed by atoms with Crippen molar-refractivity contribution in [3.05, 3.63) is 114 Å². The predicted molar refractivity (Wildman–Crippen MR) is 310 cm³/mol. The molecule has 0 bridgehead atoms. The molecule has 24 heteroatoms. The SMILES string of the molecule is C[C@H]1CN(C2(C)CCN(C(=O)OC(C)(C)C)CC2)CCN1.C[C@H]1CN(C2(C)CCN(C(=O)OC(C)(C)C)CC2)CCN1C(c1ccc(OC(F)(F)F)cc1)n1nnc2ccccc21.O=Cc1ccc(C(F)(F)F)cc1.c1ccc2c(c1)NNN2. The van der Waals surface area contributed by atoms with Gasteiger partial charge in [0.2, 0.25) is 0 Å². The van der Waals surface area contributed by atoms with E-state index in [0.717, 1.165) is 124 Å². The summed E-state index contributed by atoms with van der Waals surface area (Å²) in [5, 5.41) is 12.3. The van der Waals surface area contributed by atoms with Crippen molar-refractivity contribution in [2.75, 3.05) is 76.3 Å². The summed E-state index contributed by atoms with van der Waals surface area (Å²) in [6.07, 6.45) is -5.66. The lowest BCUT2D eigenvalue weighted by atomic mass is 9.86. The number of carbonyl (C=O) groups is 3. The van der Waals surface area contributed by atoms with Crippen molar-refractivity contribution in [1.82, 2.24) is 50.3 Å². The highest BCUT2D eigenvalue weighted by molar-refractivity contribution is 5.75. The summed E-state index contributed by atoms with van der Waals surface area (Å²) in [4.78, 5) is 45.9. The summed E-state index contributed by atoms with van der Waals surface area (Å²) in [6.45, 7) is 28.8. The summed E-state index contributed by atoms with van der Waals surface area (Å²) < 4.78 is 91.2. The van der Waals surface area contributed by atoms with Gasteiger partial charge in [0.05, 0.1) is 22.5 Å². The Bertz CT molecular complexity index is 2910. The highest BCUT2D eigenvalue weighted by Gasteiger charge is 2.43. The van der Waals surface area contributed by atoms with Gasteiger partial charge < -0.3 is 40.2 Å². The number of para-hydroxylation sites is 3. The molecule has 0 spiro atoms. The number of nitrogens with zero attached hydrogens (tertiary/aromatic N) is 8. The minimum Gasteiger partial charge on any atom is -0.444 e. The normalized spacial score (nSPS) is 20.6. The lowest BCUT2D eigenvalue weighted by Gasteiger charge is -2.52. The van der Waals surface area contributed by atoms with Crippen LogP contribution in [-0.4, -0.2) is 164 Å². The zero-order chi connectivity index (χ0) is 61.3. The van der Waals surface area contributed by atoms with Crippen LogP contribution in [-0.2, 0) is 15.7 Å². The predicted octanol–water partition coefficient (Wildman–Crippen LogP) is 11.2. The molecule has 460 valence electrons. The second-order valence-corrected chi connectivity index (χ2v) is 24.4. The zero-order valence-electron chi connectivity index (χ0n) is 49.7. The third kappa shape index (κ3) is 17.9. The van der Waals surface area contributed by atoms with Crippen molar-refractivity contribution >= 4 is 40.9 Å². The number of nitrogens with one attached hydrogen (secondary N) is 4. The Morgan fingerprint density at radius 2 is 1.17 bits per heavy atom. The molecule has 1 unspecified atom stereocenters. The first kappa shape index (κ1) is 64.8. The molecule has 4 N–H and O–H groups in total. The van der Waals surface area contributed by atoms with E-state index in [4.69, 9.17) is 9.47 Å². The van der Waals surface area contributed by atoms with Gasteiger partial charge in [-0.1, -0.05) is 53.7 Å². The Kier molecular flexibility index (Phi) is 20.9. The molecule has 2 amide bonds. The fraction of sp³-hybridized carbons (Fsp3) is 0.550. The molecule has 4 fully saturated rings. The number of hydrazine groups is 2. The monoisotopic (exact) mass is 1180 g/mol. The molecule has 5 aliphatic rings. The number of anilines is 2. The number of fused-ring (bicyclic) bond motifs is 2. The van der Waals surface area contributed by atoms with Gasteiger partial charge in [-0.05, 0) is 149 Å². The largest absolute Gasteiger partial charge is 0.573 e. The number of hydrogen-bond donors (Lipinski definition) is 4. The van der Waals surface area contributed by atoms with Crippen molar-refractivity contribution in [2.45, 2.75) is 148 Å². The van der Waals surface area contributed by atoms with Gasteiger partial charge in [0, 0.05) is 94.2 Å². The van der Waals surface area contributed by atoms with E-state index in [1.165, 1.54) is 12.1 Å². The molecule has 10 rings (SSSR count). The highest BCUT2D eigenvalue weighted by atomic mass is 19.4. The molecule has 0 radical (unpaired) electrons. The molecular weight excluding hydrogens is 1100 g/mol. The quantitative estimate of drug-likeness (QED) is 0.0895. The van der Waals surface area contributed by atoms with Crippen LogP contribution in [0, 0.1) is 0 Å². The number of alkyl halides is 6. The van der Waals surface area contributed by atoms with E-state index in [1.807, 2.05) is 99.7 Å². The summed E-state index contributed by atoms with van der Waals surface area (Å²) >= 11 is 0. The number of ether oxygens (including phenoxy) is 3. The number of piperidine rings is 2. The molecule has 1 aromatic heterocycles. The van der Waals surface area contributed by atoms with E-state index in [0.29, 0.717) is 32.0 Å². The van der Waals surface area contributed by atoms with Crippen LogP contribution >= 0.6 is 0 Å². The van der Waals surface area contributed by atoms with Crippen LogP contribution in [0.1, 0.15) is 123 Å². The molecule has 6 heterocycles. The lowest BCUT2D eigenvalue weighted by Crippen LogP contribution is -2.62. The lowest BCUT2D eigenvalue weighted by molar-refractivity contribution is -0.274. The average Bonchev–Trinajstić information content (AvgIpc) is 3.82. The molecule has 84 heavy (non-hydrogen) atoms. The number of carbonyl (C=O) groups excluding carboxylic acids is 3. The van der Waals surface area contributed by atoms with Crippen LogP contribution < -0.4 is 26.4 Å². The fourth-order valence-corrected chi connectivity index (χ4v) is 10.9.